The minimum Gasteiger partial charge on any atom is -0.493 e. The Kier molecular flexibility index (Phi) is 7.49. The molecule has 0 bridgehead atoms. The fourth-order valence-corrected chi connectivity index (χ4v) is 2.65. The first-order valence-corrected chi connectivity index (χ1v) is 8.80. The Morgan fingerprint density at radius 2 is 1.78 bits per heavy atom. The number of ether oxygens (including phenoxy) is 3. The third-order valence-electron chi connectivity index (χ3n) is 3.90. The van der Waals surface area contributed by atoms with Gasteiger partial charge in [-0.3, -0.25) is 9.59 Å². The van der Waals surface area contributed by atoms with Crippen LogP contribution < -0.4 is 14.8 Å². The normalized spacial score (nSPS) is 11.4. The summed E-state index contributed by atoms with van der Waals surface area (Å²) in [5.41, 5.74) is 1.13. The summed E-state index contributed by atoms with van der Waals surface area (Å²) in [5, 5.41) is 3.43. The van der Waals surface area contributed by atoms with Crippen molar-refractivity contribution in [2.24, 2.45) is 0 Å². The average Bonchev–Trinajstić information content (AvgIpc) is 2.68. The largest absolute Gasteiger partial charge is 0.493 e. The van der Waals surface area contributed by atoms with E-state index >= 15 is 0 Å². The van der Waals surface area contributed by atoms with Crippen LogP contribution in [0.4, 0.5) is 0 Å². The number of hydrogen-bond donors (Lipinski definition) is 1. The third kappa shape index (κ3) is 5.62. The molecule has 0 unspecified atom stereocenters. The Hall–Kier alpha value is -2.73. The van der Waals surface area contributed by atoms with Gasteiger partial charge >= 0.3 is 5.97 Å². The van der Waals surface area contributed by atoms with Crippen LogP contribution in [0.15, 0.2) is 42.5 Å². The summed E-state index contributed by atoms with van der Waals surface area (Å²) in [4.78, 5) is 24.5. The monoisotopic (exact) mass is 391 g/mol. The molecule has 1 amide bonds. The maximum absolute atomic E-state index is 12.7. The van der Waals surface area contributed by atoms with Crippen LogP contribution in [0.3, 0.4) is 0 Å². The fourth-order valence-electron chi connectivity index (χ4n) is 2.52. The van der Waals surface area contributed by atoms with Crippen molar-refractivity contribution >= 4 is 23.5 Å². The second-order valence-corrected chi connectivity index (χ2v) is 6.09. The lowest BCUT2D eigenvalue weighted by atomic mass is 10.0. The number of methoxy groups -OCH3 is 2. The van der Waals surface area contributed by atoms with E-state index in [4.69, 9.17) is 25.8 Å². The zero-order valence-electron chi connectivity index (χ0n) is 15.5. The molecule has 1 atom stereocenters. The van der Waals surface area contributed by atoms with Gasteiger partial charge in [0.25, 0.3) is 5.91 Å². The number of hydrogen-bond acceptors (Lipinski definition) is 5. The van der Waals surface area contributed by atoms with Gasteiger partial charge in [-0.2, -0.15) is 0 Å². The lowest BCUT2D eigenvalue weighted by molar-refractivity contribution is -0.141. The summed E-state index contributed by atoms with van der Waals surface area (Å²) in [6, 6.07) is 11.3. The Bertz CT molecular complexity index is 791. The molecule has 144 valence electrons. The summed E-state index contributed by atoms with van der Waals surface area (Å²) < 4.78 is 15.5. The molecule has 0 aliphatic rings. The van der Waals surface area contributed by atoms with Crippen LogP contribution in [0.1, 0.15) is 35.3 Å². The van der Waals surface area contributed by atoms with Gasteiger partial charge in [-0.25, -0.2) is 0 Å². The SMILES string of the molecule is CCOc1ccc(C(=O)N[C@H](CC(=O)OC)c2ccc(Cl)cc2)cc1OC. The second-order valence-electron chi connectivity index (χ2n) is 5.66. The molecule has 0 aromatic heterocycles. The molecule has 0 radical (unpaired) electrons. The Balaban J connectivity index is 2.24. The van der Waals surface area contributed by atoms with Gasteiger partial charge in [0.2, 0.25) is 0 Å². The molecule has 0 aliphatic carbocycles. The Morgan fingerprint density at radius 3 is 2.37 bits per heavy atom. The molecule has 2 rings (SSSR count). The van der Waals surface area contributed by atoms with Crippen LogP contribution in [-0.4, -0.2) is 32.7 Å². The van der Waals surface area contributed by atoms with E-state index < -0.39 is 12.0 Å². The molecule has 0 aliphatic heterocycles. The number of carbonyl (C=O) groups is 2. The quantitative estimate of drug-likeness (QED) is 0.693. The summed E-state index contributed by atoms with van der Waals surface area (Å²) in [6.45, 7) is 2.35. The molecule has 2 aromatic rings. The van der Waals surface area contributed by atoms with Crippen LogP contribution in [0.5, 0.6) is 11.5 Å². The lowest BCUT2D eigenvalue weighted by Crippen LogP contribution is -2.30. The maximum atomic E-state index is 12.7. The molecule has 0 saturated heterocycles. The van der Waals surface area contributed by atoms with Gasteiger partial charge in [-0.05, 0) is 42.8 Å². The number of carbonyl (C=O) groups excluding carboxylic acids is 2. The zero-order valence-corrected chi connectivity index (χ0v) is 16.2. The molecular weight excluding hydrogens is 370 g/mol. The molecule has 7 heteroatoms. The third-order valence-corrected chi connectivity index (χ3v) is 4.15. The van der Waals surface area contributed by atoms with E-state index in [9.17, 15) is 9.59 Å². The number of rotatable bonds is 8. The Labute approximate surface area is 163 Å². The van der Waals surface area contributed by atoms with Crippen LogP contribution in [-0.2, 0) is 9.53 Å². The number of benzene rings is 2. The van der Waals surface area contributed by atoms with Gasteiger partial charge in [-0.1, -0.05) is 23.7 Å². The lowest BCUT2D eigenvalue weighted by Gasteiger charge is -2.19. The maximum Gasteiger partial charge on any atom is 0.307 e. The van der Waals surface area contributed by atoms with E-state index in [1.54, 1.807) is 42.5 Å². The highest BCUT2D eigenvalue weighted by molar-refractivity contribution is 6.30. The first kappa shape index (κ1) is 20.6. The minimum absolute atomic E-state index is 0.00195. The van der Waals surface area contributed by atoms with E-state index in [0.29, 0.717) is 28.7 Å². The smallest absolute Gasteiger partial charge is 0.307 e. The molecular formula is C20H22ClNO5. The standard InChI is InChI=1S/C20H22ClNO5/c1-4-27-17-10-7-14(11-18(17)25-2)20(24)22-16(12-19(23)26-3)13-5-8-15(21)9-6-13/h5-11,16H,4,12H2,1-3H3,(H,22,24)/t16-/m1/s1. The van der Waals surface area contributed by atoms with E-state index in [-0.39, 0.29) is 12.3 Å². The molecule has 27 heavy (non-hydrogen) atoms. The van der Waals surface area contributed by atoms with Gasteiger partial charge in [0.05, 0.1) is 33.3 Å². The van der Waals surface area contributed by atoms with Crippen LogP contribution in [0.25, 0.3) is 0 Å². The highest BCUT2D eigenvalue weighted by Crippen LogP contribution is 2.28. The van der Waals surface area contributed by atoms with Crippen molar-refractivity contribution in [2.75, 3.05) is 20.8 Å². The summed E-state index contributed by atoms with van der Waals surface area (Å²) in [5.74, 6) is 0.237. The van der Waals surface area contributed by atoms with Gasteiger partial charge in [0, 0.05) is 10.6 Å². The molecule has 6 nitrogen and oxygen atoms in total. The fraction of sp³-hybridized carbons (Fsp3) is 0.300. The number of amides is 1. The average molecular weight is 392 g/mol. The van der Waals surface area contributed by atoms with E-state index in [1.807, 2.05) is 6.92 Å². The van der Waals surface area contributed by atoms with Crippen molar-refractivity contribution in [3.63, 3.8) is 0 Å². The summed E-state index contributed by atoms with van der Waals surface area (Å²) in [7, 11) is 2.81. The number of nitrogens with one attached hydrogen (secondary N) is 1. The van der Waals surface area contributed by atoms with E-state index in [0.717, 1.165) is 5.56 Å². The highest BCUT2D eigenvalue weighted by atomic mass is 35.5. The number of esters is 1. The zero-order chi connectivity index (χ0) is 19.8. The van der Waals surface area contributed by atoms with Crippen LogP contribution in [0.2, 0.25) is 5.02 Å². The van der Waals surface area contributed by atoms with Crippen LogP contribution in [0, 0.1) is 0 Å². The molecule has 2 aromatic carbocycles. The van der Waals surface area contributed by atoms with Crippen molar-refractivity contribution < 1.29 is 23.8 Å². The predicted molar refractivity (Wildman–Crippen MR) is 102 cm³/mol. The van der Waals surface area contributed by atoms with Crippen molar-refractivity contribution in [1.29, 1.82) is 0 Å². The molecule has 0 saturated carbocycles. The number of halogens is 1. The van der Waals surface area contributed by atoms with E-state index in [2.05, 4.69) is 5.32 Å². The summed E-state index contributed by atoms with van der Waals surface area (Å²) in [6.07, 6.45) is -0.00195. The first-order chi connectivity index (χ1) is 13.0. The minimum atomic E-state index is -0.556. The summed E-state index contributed by atoms with van der Waals surface area (Å²) >= 11 is 5.92. The predicted octanol–water partition coefficient (Wildman–Crippen LogP) is 3.78. The topological polar surface area (TPSA) is 73.9 Å². The van der Waals surface area contributed by atoms with Gasteiger partial charge in [0.1, 0.15) is 0 Å². The first-order valence-electron chi connectivity index (χ1n) is 8.42. The van der Waals surface area contributed by atoms with Crippen molar-refractivity contribution in [2.45, 2.75) is 19.4 Å². The molecule has 0 heterocycles. The van der Waals surface area contributed by atoms with Crippen molar-refractivity contribution in [1.82, 2.24) is 5.32 Å². The van der Waals surface area contributed by atoms with Crippen molar-refractivity contribution in [3.8, 4) is 11.5 Å². The van der Waals surface area contributed by atoms with E-state index in [1.165, 1.54) is 14.2 Å². The highest BCUT2D eigenvalue weighted by Gasteiger charge is 2.20. The van der Waals surface area contributed by atoms with Crippen molar-refractivity contribution in [3.05, 3.63) is 58.6 Å². The second kappa shape index (κ2) is 9.83. The van der Waals surface area contributed by atoms with Gasteiger partial charge in [0.15, 0.2) is 11.5 Å². The molecule has 1 N–H and O–H groups in total. The molecule has 0 spiro atoms. The molecule has 0 fully saturated rings. The van der Waals surface area contributed by atoms with Crippen LogP contribution >= 0.6 is 11.6 Å². The Morgan fingerprint density at radius 1 is 1.07 bits per heavy atom. The van der Waals surface area contributed by atoms with Gasteiger partial charge < -0.3 is 19.5 Å². The van der Waals surface area contributed by atoms with Gasteiger partial charge in [-0.15, -0.1) is 0 Å².